The second kappa shape index (κ2) is 3.61. The van der Waals surface area contributed by atoms with Crippen LogP contribution in [-0.4, -0.2) is 0 Å². The molecule has 0 bridgehead atoms. The van der Waals surface area contributed by atoms with Crippen LogP contribution in [0.15, 0.2) is 24.3 Å². The third-order valence-corrected chi connectivity index (χ3v) is 4.64. The minimum atomic E-state index is 0.329. The second-order valence-corrected chi connectivity index (χ2v) is 6.33. The number of benzene rings is 1. The summed E-state index contributed by atoms with van der Waals surface area (Å²) in [5.41, 5.74) is 3.79. The van der Waals surface area contributed by atoms with E-state index in [1.807, 2.05) is 0 Å². The Hall–Kier alpha value is -0.780. The minimum Gasteiger partial charge on any atom is -0.0654 e. The van der Waals surface area contributed by atoms with Crippen molar-refractivity contribution in [1.29, 1.82) is 0 Å². The van der Waals surface area contributed by atoms with Crippen LogP contribution in [-0.2, 0) is 10.8 Å². The molecule has 16 heavy (non-hydrogen) atoms. The van der Waals surface area contributed by atoms with E-state index in [2.05, 4.69) is 58.9 Å². The third-order valence-electron chi connectivity index (χ3n) is 4.64. The van der Waals surface area contributed by atoms with Gasteiger partial charge in [-0.2, -0.15) is 0 Å². The molecule has 0 aliphatic heterocycles. The molecule has 0 amide bonds. The fourth-order valence-electron chi connectivity index (χ4n) is 3.89. The standard InChI is InChI=1S/C16H24/c1-6-9-14-15(2,3)12-10-7-8-11-13(12)16(14,4)5/h7-8,10-11,14H,6,9H2,1-5H3. The molecule has 0 heteroatoms. The molecule has 0 spiro atoms. The molecule has 0 radical (unpaired) electrons. The van der Waals surface area contributed by atoms with E-state index in [0.29, 0.717) is 10.8 Å². The Morgan fingerprint density at radius 3 is 1.75 bits per heavy atom. The lowest BCUT2D eigenvalue weighted by Gasteiger charge is -2.36. The Morgan fingerprint density at radius 1 is 0.938 bits per heavy atom. The van der Waals surface area contributed by atoms with Crippen LogP contribution in [0.1, 0.15) is 58.6 Å². The average molecular weight is 216 g/mol. The molecule has 2 rings (SSSR count). The topological polar surface area (TPSA) is 0 Å². The molecule has 1 aliphatic carbocycles. The fourth-order valence-corrected chi connectivity index (χ4v) is 3.89. The zero-order valence-electron chi connectivity index (χ0n) is 11.3. The molecule has 0 saturated heterocycles. The van der Waals surface area contributed by atoms with Crippen molar-refractivity contribution in [2.75, 3.05) is 0 Å². The van der Waals surface area contributed by atoms with Crippen molar-refractivity contribution in [2.45, 2.75) is 58.3 Å². The lowest BCUT2D eigenvalue weighted by Crippen LogP contribution is -2.33. The molecule has 0 aromatic heterocycles. The van der Waals surface area contributed by atoms with Gasteiger partial charge in [-0.3, -0.25) is 0 Å². The zero-order chi connectivity index (χ0) is 12.0. The predicted octanol–water partition coefficient (Wildman–Crippen LogP) is 4.67. The molecule has 0 nitrogen and oxygen atoms in total. The largest absolute Gasteiger partial charge is 0.0654 e. The summed E-state index contributed by atoms with van der Waals surface area (Å²) < 4.78 is 0. The first-order valence-electron chi connectivity index (χ1n) is 6.52. The van der Waals surface area contributed by atoms with E-state index >= 15 is 0 Å². The third kappa shape index (κ3) is 1.43. The monoisotopic (exact) mass is 216 g/mol. The van der Waals surface area contributed by atoms with Gasteiger partial charge in [-0.1, -0.05) is 65.3 Å². The Bertz CT molecular complexity index is 350. The lowest BCUT2D eigenvalue weighted by molar-refractivity contribution is 0.222. The van der Waals surface area contributed by atoms with E-state index in [9.17, 15) is 0 Å². The van der Waals surface area contributed by atoms with Crippen LogP contribution in [0.25, 0.3) is 0 Å². The van der Waals surface area contributed by atoms with Crippen molar-refractivity contribution in [3.63, 3.8) is 0 Å². The van der Waals surface area contributed by atoms with Crippen molar-refractivity contribution < 1.29 is 0 Å². The van der Waals surface area contributed by atoms with Crippen LogP contribution in [0.5, 0.6) is 0 Å². The molecule has 0 atom stereocenters. The molecule has 1 aromatic carbocycles. The molecule has 0 saturated carbocycles. The Balaban J connectivity index is 2.56. The SMILES string of the molecule is CCCC1C(C)(C)c2ccccc2C1(C)C. The number of rotatable bonds is 2. The van der Waals surface area contributed by atoms with Crippen molar-refractivity contribution >= 4 is 0 Å². The van der Waals surface area contributed by atoms with Gasteiger partial charge in [0.2, 0.25) is 0 Å². The summed E-state index contributed by atoms with van der Waals surface area (Å²) in [5, 5.41) is 0. The van der Waals surface area contributed by atoms with E-state index in [0.717, 1.165) is 5.92 Å². The van der Waals surface area contributed by atoms with Crippen LogP contribution in [0.2, 0.25) is 0 Å². The maximum atomic E-state index is 2.42. The molecule has 0 heterocycles. The number of hydrogen-bond donors (Lipinski definition) is 0. The highest BCUT2D eigenvalue weighted by Gasteiger charge is 2.49. The van der Waals surface area contributed by atoms with E-state index in [-0.39, 0.29) is 0 Å². The molecule has 0 N–H and O–H groups in total. The highest BCUT2D eigenvalue weighted by atomic mass is 14.5. The smallest absolute Gasteiger partial charge is 0.00641 e. The second-order valence-electron chi connectivity index (χ2n) is 6.33. The maximum Gasteiger partial charge on any atom is -0.00641 e. The van der Waals surface area contributed by atoms with Gasteiger partial charge in [-0.15, -0.1) is 0 Å². The molecule has 1 aromatic rings. The molecule has 1 aliphatic rings. The van der Waals surface area contributed by atoms with Gasteiger partial charge >= 0.3 is 0 Å². The Morgan fingerprint density at radius 2 is 1.38 bits per heavy atom. The van der Waals surface area contributed by atoms with Gasteiger partial charge < -0.3 is 0 Å². The summed E-state index contributed by atoms with van der Waals surface area (Å²) in [7, 11) is 0. The highest BCUT2D eigenvalue weighted by molar-refractivity contribution is 5.46. The highest BCUT2D eigenvalue weighted by Crippen LogP contribution is 2.55. The summed E-state index contributed by atoms with van der Waals surface area (Å²) in [6.07, 6.45) is 2.61. The lowest BCUT2D eigenvalue weighted by atomic mass is 9.68. The van der Waals surface area contributed by atoms with Gasteiger partial charge in [0.15, 0.2) is 0 Å². The normalized spacial score (nSPS) is 22.1. The molecule has 0 fully saturated rings. The predicted molar refractivity (Wildman–Crippen MR) is 70.9 cm³/mol. The molecular weight excluding hydrogens is 192 g/mol. The number of hydrogen-bond acceptors (Lipinski definition) is 0. The summed E-state index contributed by atoms with van der Waals surface area (Å²) in [6, 6.07) is 9.02. The number of fused-ring (bicyclic) bond motifs is 1. The van der Waals surface area contributed by atoms with E-state index in [4.69, 9.17) is 0 Å². The van der Waals surface area contributed by atoms with Gasteiger partial charge in [0.05, 0.1) is 0 Å². The van der Waals surface area contributed by atoms with Crippen LogP contribution >= 0.6 is 0 Å². The molecular formula is C16H24. The van der Waals surface area contributed by atoms with Crippen molar-refractivity contribution in [1.82, 2.24) is 0 Å². The van der Waals surface area contributed by atoms with Crippen molar-refractivity contribution in [3.05, 3.63) is 35.4 Å². The van der Waals surface area contributed by atoms with Crippen LogP contribution in [0.3, 0.4) is 0 Å². The van der Waals surface area contributed by atoms with Crippen LogP contribution < -0.4 is 0 Å². The zero-order valence-corrected chi connectivity index (χ0v) is 11.3. The summed E-state index contributed by atoms with van der Waals surface area (Å²) in [4.78, 5) is 0. The van der Waals surface area contributed by atoms with Gasteiger partial charge in [0.25, 0.3) is 0 Å². The first kappa shape index (κ1) is 11.7. The van der Waals surface area contributed by atoms with Crippen molar-refractivity contribution in [3.8, 4) is 0 Å². The average Bonchev–Trinajstić information content (AvgIpc) is 2.38. The van der Waals surface area contributed by atoms with E-state index < -0.39 is 0 Å². The Labute approximate surface area is 100 Å². The van der Waals surface area contributed by atoms with E-state index in [1.165, 1.54) is 12.8 Å². The van der Waals surface area contributed by atoms with Gasteiger partial charge in [0.1, 0.15) is 0 Å². The Kier molecular flexibility index (Phi) is 2.64. The van der Waals surface area contributed by atoms with Crippen LogP contribution in [0, 0.1) is 5.92 Å². The van der Waals surface area contributed by atoms with Gasteiger partial charge in [-0.05, 0) is 34.3 Å². The minimum absolute atomic E-state index is 0.329. The quantitative estimate of drug-likeness (QED) is 0.674. The molecule has 88 valence electrons. The maximum absolute atomic E-state index is 2.42. The van der Waals surface area contributed by atoms with Crippen molar-refractivity contribution in [2.24, 2.45) is 5.92 Å². The first-order valence-corrected chi connectivity index (χ1v) is 6.52. The van der Waals surface area contributed by atoms with Gasteiger partial charge in [0, 0.05) is 0 Å². The summed E-state index contributed by atoms with van der Waals surface area (Å²) >= 11 is 0. The first-order chi connectivity index (χ1) is 7.42. The fraction of sp³-hybridized carbons (Fsp3) is 0.625. The summed E-state index contributed by atoms with van der Waals surface area (Å²) in [5.74, 6) is 0.766. The van der Waals surface area contributed by atoms with E-state index in [1.54, 1.807) is 11.1 Å². The molecule has 0 unspecified atom stereocenters. The summed E-state index contributed by atoms with van der Waals surface area (Å²) in [6.45, 7) is 12.0. The van der Waals surface area contributed by atoms with Gasteiger partial charge in [-0.25, -0.2) is 0 Å². The van der Waals surface area contributed by atoms with Crippen LogP contribution in [0.4, 0.5) is 0 Å².